The Bertz CT molecular complexity index is 471. The Labute approximate surface area is 144 Å². The van der Waals surface area contributed by atoms with Gasteiger partial charge in [-0.1, -0.05) is 12.8 Å². The summed E-state index contributed by atoms with van der Waals surface area (Å²) < 4.78 is 0. The first-order chi connectivity index (χ1) is 11.7. The summed E-state index contributed by atoms with van der Waals surface area (Å²) in [6.07, 6.45) is 8.42. The maximum absolute atomic E-state index is 12.8. The summed E-state index contributed by atoms with van der Waals surface area (Å²) >= 11 is 0. The Morgan fingerprint density at radius 3 is 2.46 bits per heavy atom. The van der Waals surface area contributed by atoms with E-state index in [9.17, 15) is 9.59 Å². The highest BCUT2D eigenvalue weighted by atomic mass is 16.2. The molecular weight excluding hydrogens is 304 g/mol. The zero-order valence-electron chi connectivity index (χ0n) is 14.5. The van der Waals surface area contributed by atoms with Crippen molar-refractivity contribution < 1.29 is 9.59 Å². The van der Waals surface area contributed by atoms with Crippen LogP contribution in [0.1, 0.15) is 44.9 Å². The molecule has 0 bridgehead atoms. The lowest BCUT2D eigenvalue weighted by Crippen LogP contribution is -2.54. The minimum absolute atomic E-state index is 0.0304. The third-order valence-electron chi connectivity index (χ3n) is 6.15. The molecule has 0 spiro atoms. The Morgan fingerprint density at radius 1 is 1.00 bits per heavy atom. The molecule has 3 atom stereocenters. The number of hydrogen-bond acceptors (Lipinski definition) is 4. The first-order valence-corrected chi connectivity index (χ1v) is 9.75. The van der Waals surface area contributed by atoms with E-state index in [1.54, 1.807) is 0 Å². The summed E-state index contributed by atoms with van der Waals surface area (Å²) in [7, 11) is 0. The molecule has 2 N–H and O–H groups in total. The lowest BCUT2D eigenvalue weighted by atomic mass is 9.85. The van der Waals surface area contributed by atoms with Gasteiger partial charge in [-0.3, -0.25) is 14.5 Å². The second kappa shape index (κ2) is 7.00. The van der Waals surface area contributed by atoms with Crippen LogP contribution in [0.5, 0.6) is 0 Å². The SMILES string of the molecule is O=C(CN1CCN(C(=O)C2CC3CCCCC3N2)CC1)NC1CC1. The average molecular weight is 334 g/mol. The Balaban J connectivity index is 1.22. The number of hydrogen-bond donors (Lipinski definition) is 2. The monoisotopic (exact) mass is 334 g/mol. The molecule has 24 heavy (non-hydrogen) atoms. The van der Waals surface area contributed by atoms with Gasteiger partial charge in [0.25, 0.3) is 0 Å². The fourth-order valence-corrected chi connectivity index (χ4v) is 4.56. The van der Waals surface area contributed by atoms with E-state index in [1.807, 2.05) is 4.90 Å². The van der Waals surface area contributed by atoms with Crippen molar-refractivity contribution in [2.45, 2.75) is 63.1 Å². The van der Waals surface area contributed by atoms with Gasteiger partial charge in [0.15, 0.2) is 0 Å². The summed E-state index contributed by atoms with van der Waals surface area (Å²) in [5.74, 6) is 1.13. The Morgan fingerprint density at radius 2 is 1.75 bits per heavy atom. The van der Waals surface area contributed by atoms with Gasteiger partial charge in [-0.05, 0) is 38.0 Å². The first-order valence-electron chi connectivity index (χ1n) is 9.75. The number of rotatable bonds is 4. The molecule has 2 saturated carbocycles. The van der Waals surface area contributed by atoms with Crippen molar-refractivity contribution in [3.8, 4) is 0 Å². The molecule has 2 heterocycles. The second-order valence-electron chi connectivity index (χ2n) is 8.05. The van der Waals surface area contributed by atoms with Gasteiger partial charge in [0.1, 0.15) is 0 Å². The van der Waals surface area contributed by atoms with Gasteiger partial charge < -0.3 is 15.5 Å². The fourth-order valence-electron chi connectivity index (χ4n) is 4.56. The van der Waals surface area contributed by atoms with E-state index in [2.05, 4.69) is 15.5 Å². The van der Waals surface area contributed by atoms with Crippen LogP contribution in [0, 0.1) is 5.92 Å². The highest BCUT2D eigenvalue weighted by molar-refractivity contribution is 5.82. The largest absolute Gasteiger partial charge is 0.352 e. The summed E-state index contributed by atoms with van der Waals surface area (Å²) in [6, 6.07) is 1.03. The molecule has 4 rings (SSSR count). The molecule has 0 radical (unpaired) electrons. The van der Waals surface area contributed by atoms with Gasteiger partial charge in [0, 0.05) is 38.3 Å². The normalized spacial score (nSPS) is 34.0. The summed E-state index contributed by atoms with van der Waals surface area (Å²) in [4.78, 5) is 28.9. The molecule has 6 heteroatoms. The van der Waals surface area contributed by atoms with E-state index < -0.39 is 0 Å². The summed E-state index contributed by atoms with van der Waals surface area (Å²) in [5, 5.41) is 6.63. The van der Waals surface area contributed by atoms with Crippen LogP contribution < -0.4 is 10.6 Å². The molecule has 2 amide bonds. The Hall–Kier alpha value is -1.14. The highest BCUT2D eigenvalue weighted by Crippen LogP contribution is 2.33. The van der Waals surface area contributed by atoms with Crippen LogP contribution in [-0.4, -0.2) is 72.5 Å². The van der Waals surface area contributed by atoms with E-state index in [-0.39, 0.29) is 17.9 Å². The van der Waals surface area contributed by atoms with Crippen LogP contribution in [0.15, 0.2) is 0 Å². The first kappa shape index (κ1) is 16.3. The number of nitrogens with one attached hydrogen (secondary N) is 2. The number of carbonyl (C=O) groups is 2. The van der Waals surface area contributed by atoms with Gasteiger partial charge in [-0.15, -0.1) is 0 Å². The van der Waals surface area contributed by atoms with Crippen LogP contribution in [-0.2, 0) is 9.59 Å². The van der Waals surface area contributed by atoms with Crippen LogP contribution in [0.3, 0.4) is 0 Å². The van der Waals surface area contributed by atoms with Crippen LogP contribution in [0.2, 0.25) is 0 Å². The summed E-state index contributed by atoms with van der Waals surface area (Å²) in [5.41, 5.74) is 0. The van der Waals surface area contributed by atoms with Crippen molar-refractivity contribution in [1.29, 1.82) is 0 Å². The smallest absolute Gasteiger partial charge is 0.239 e. The van der Waals surface area contributed by atoms with Crippen LogP contribution >= 0.6 is 0 Å². The molecule has 2 aliphatic carbocycles. The molecule has 134 valence electrons. The third-order valence-corrected chi connectivity index (χ3v) is 6.15. The van der Waals surface area contributed by atoms with E-state index in [1.165, 1.54) is 25.7 Å². The minimum atomic E-state index is 0.0304. The molecular formula is C18H30N4O2. The van der Waals surface area contributed by atoms with Crippen molar-refractivity contribution in [1.82, 2.24) is 20.4 Å². The molecule has 4 fully saturated rings. The Kier molecular flexibility index (Phi) is 4.77. The molecule has 0 aromatic rings. The number of carbonyl (C=O) groups excluding carboxylic acids is 2. The van der Waals surface area contributed by atoms with E-state index in [4.69, 9.17) is 0 Å². The van der Waals surface area contributed by atoms with Gasteiger partial charge in [-0.2, -0.15) is 0 Å². The quantitative estimate of drug-likeness (QED) is 0.778. The molecule has 4 aliphatic rings. The van der Waals surface area contributed by atoms with E-state index >= 15 is 0 Å². The predicted octanol–water partition coefficient (Wildman–Crippen LogP) is 0.330. The molecule has 2 aliphatic heterocycles. The van der Waals surface area contributed by atoms with Gasteiger partial charge in [-0.25, -0.2) is 0 Å². The highest BCUT2D eigenvalue weighted by Gasteiger charge is 2.40. The number of nitrogens with zero attached hydrogens (tertiary/aromatic N) is 2. The molecule has 2 saturated heterocycles. The van der Waals surface area contributed by atoms with Crippen molar-refractivity contribution >= 4 is 11.8 Å². The fraction of sp³-hybridized carbons (Fsp3) is 0.889. The number of fused-ring (bicyclic) bond motifs is 1. The molecule has 6 nitrogen and oxygen atoms in total. The van der Waals surface area contributed by atoms with Gasteiger partial charge in [0.05, 0.1) is 12.6 Å². The van der Waals surface area contributed by atoms with Crippen molar-refractivity contribution in [3.05, 3.63) is 0 Å². The van der Waals surface area contributed by atoms with E-state index in [0.29, 0.717) is 24.5 Å². The summed E-state index contributed by atoms with van der Waals surface area (Å²) in [6.45, 7) is 3.60. The topological polar surface area (TPSA) is 64.7 Å². The third kappa shape index (κ3) is 3.75. The van der Waals surface area contributed by atoms with Crippen molar-refractivity contribution in [2.75, 3.05) is 32.7 Å². The minimum Gasteiger partial charge on any atom is -0.352 e. The molecule has 3 unspecified atom stereocenters. The second-order valence-corrected chi connectivity index (χ2v) is 8.05. The average Bonchev–Trinajstić information content (AvgIpc) is 3.29. The van der Waals surface area contributed by atoms with Gasteiger partial charge in [0.2, 0.25) is 11.8 Å². The van der Waals surface area contributed by atoms with Crippen molar-refractivity contribution in [3.63, 3.8) is 0 Å². The van der Waals surface area contributed by atoms with Crippen LogP contribution in [0.25, 0.3) is 0 Å². The number of amides is 2. The molecule has 0 aromatic carbocycles. The lowest BCUT2D eigenvalue weighted by Gasteiger charge is -2.35. The molecule has 0 aromatic heterocycles. The zero-order valence-corrected chi connectivity index (χ0v) is 14.5. The van der Waals surface area contributed by atoms with Crippen LogP contribution in [0.4, 0.5) is 0 Å². The zero-order chi connectivity index (χ0) is 16.5. The van der Waals surface area contributed by atoms with Gasteiger partial charge >= 0.3 is 0 Å². The maximum Gasteiger partial charge on any atom is 0.239 e. The predicted molar refractivity (Wildman–Crippen MR) is 91.5 cm³/mol. The number of piperazine rings is 1. The standard InChI is InChI=1S/C18H30N4O2/c23-17(19-14-5-6-14)12-21-7-9-22(10-8-21)18(24)16-11-13-3-1-2-4-15(13)20-16/h13-16,20H,1-12H2,(H,19,23). The van der Waals surface area contributed by atoms with E-state index in [0.717, 1.165) is 45.4 Å². The van der Waals surface area contributed by atoms with Crippen molar-refractivity contribution in [2.24, 2.45) is 5.92 Å². The maximum atomic E-state index is 12.8. The lowest BCUT2D eigenvalue weighted by molar-refractivity contribution is -0.135.